The average molecular weight is 405 g/mol. The molecule has 1 aliphatic heterocycles. The van der Waals surface area contributed by atoms with Crippen LogP contribution >= 0.6 is 0 Å². The molecule has 2 atom stereocenters. The van der Waals surface area contributed by atoms with E-state index < -0.39 is 0 Å². The van der Waals surface area contributed by atoms with Crippen LogP contribution in [0.2, 0.25) is 0 Å². The quantitative estimate of drug-likeness (QED) is 0.635. The number of nitrogens with zero attached hydrogens (tertiary/aromatic N) is 3. The zero-order chi connectivity index (χ0) is 21.3. The topological polar surface area (TPSA) is 88.0 Å². The van der Waals surface area contributed by atoms with E-state index in [0.717, 1.165) is 29.6 Å². The molecule has 1 aromatic heterocycles. The molecule has 2 aromatic carbocycles. The fraction of sp³-hybridized carbons (Fsp3) is 0.261. The van der Waals surface area contributed by atoms with E-state index in [1.54, 1.807) is 0 Å². The van der Waals surface area contributed by atoms with Crippen molar-refractivity contribution in [2.45, 2.75) is 25.9 Å². The third-order valence-electron chi connectivity index (χ3n) is 5.76. The number of aromatic nitrogens is 2. The minimum Gasteiger partial charge on any atom is -0.404 e. The first kappa shape index (κ1) is 19.8. The number of hydrogen-bond donors (Lipinski definition) is 2. The van der Waals surface area contributed by atoms with Gasteiger partial charge in [0, 0.05) is 42.7 Å². The second-order valence-electron chi connectivity index (χ2n) is 7.78. The Hall–Kier alpha value is -3.48. The average Bonchev–Trinajstić information content (AvgIpc) is 3.32. The van der Waals surface area contributed by atoms with E-state index in [4.69, 9.17) is 11.1 Å². The second-order valence-corrected chi connectivity index (χ2v) is 7.78. The first-order chi connectivity index (χ1) is 14.5. The first-order valence-corrected chi connectivity index (χ1v) is 9.94. The standard InChI is InChI=1S/C23H24FN5O/c1-15-8-16(13-29(15)23(30)17-2-5-20(24)6-3-17)12-28-14-27-21-9-18(4-7-22(21)28)19(10-25)11-26/h2-7,9-11,14-16,25H,8,12-13,26H2,1H3/b19-11+,25-10?. The van der Waals surface area contributed by atoms with E-state index in [9.17, 15) is 9.18 Å². The Morgan fingerprint density at radius 3 is 2.70 bits per heavy atom. The van der Waals surface area contributed by atoms with Crippen molar-refractivity contribution in [3.63, 3.8) is 0 Å². The molecule has 1 aliphatic rings. The molecular weight excluding hydrogens is 381 g/mol. The molecule has 1 saturated heterocycles. The Bertz CT molecular complexity index is 1120. The van der Waals surface area contributed by atoms with Crippen molar-refractivity contribution >= 4 is 28.7 Å². The van der Waals surface area contributed by atoms with Crippen LogP contribution in [-0.4, -0.2) is 39.2 Å². The van der Waals surface area contributed by atoms with Gasteiger partial charge in [0.2, 0.25) is 0 Å². The fourth-order valence-corrected chi connectivity index (χ4v) is 4.21. The lowest BCUT2D eigenvalue weighted by Crippen LogP contribution is -2.34. The van der Waals surface area contributed by atoms with Gasteiger partial charge in [0.1, 0.15) is 5.82 Å². The third kappa shape index (κ3) is 3.70. The summed E-state index contributed by atoms with van der Waals surface area (Å²) in [6.07, 6.45) is 5.36. The zero-order valence-corrected chi connectivity index (χ0v) is 16.8. The molecule has 3 N–H and O–H groups in total. The number of amides is 1. The monoisotopic (exact) mass is 405 g/mol. The summed E-state index contributed by atoms with van der Waals surface area (Å²) >= 11 is 0. The fourth-order valence-electron chi connectivity index (χ4n) is 4.21. The lowest BCUT2D eigenvalue weighted by atomic mass is 10.1. The Morgan fingerprint density at radius 2 is 2.00 bits per heavy atom. The summed E-state index contributed by atoms with van der Waals surface area (Å²) in [5, 5.41) is 7.46. The van der Waals surface area contributed by atoms with Crippen LogP contribution in [0.25, 0.3) is 16.6 Å². The highest BCUT2D eigenvalue weighted by Crippen LogP contribution is 2.28. The molecular formula is C23H24FN5O. The van der Waals surface area contributed by atoms with Gasteiger partial charge in [0.15, 0.2) is 0 Å². The van der Waals surface area contributed by atoms with E-state index >= 15 is 0 Å². The van der Waals surface area contributed by atoms with Gasteiger partial charge in [0.25, 0.3) is 5.91 Å². The minimum atomic E-state index is -0.344. The number of allylic oxidation sites excluding steroid dienone is 1. The van der Waals surface area contributed by atoms with Crippen LogP contribution < -0.4 is 5.73 Å². The predicted molar refractivity (Wildman–Crippen MR) is 116 cm³/mol. The lowest BCUT2D eigenvalue weighted by molar-refractivity contribution is 0.0742. The van der Waals surface area contributed by atoms with Crippen LogP contribution in [0.5, 0.6) is 0 Å². The van der Waals surface area contributed by atoms with Crippen LogP contribution in [0.4, 0.5) is 4.39 Å². The molecule has 6 nitrogen and oxygen atoms in total. The Morgan fingerprint density at radius 1 is 1.27 bits per heavy atom. The summed E-state index contributed by atoms with van der Waals surface area (Å²) < 4.78 is 15.3. The lowest BCUT2D eigenvalue weighted by Gasteiger charge is -2.21. The molecule has 154 valence electrons. The van der Waals surface area contributed by atoms with E-state index in [1.165, 1.54) is 36.7 Å². The number of fused-ring (bicyclic) bond motifs is 1. The number of halogens is 1. The maximum absolute atomic E-state index is 13.2. The SMILES string of the molecule is CC1CC(Cn2cnc3cc(/C(C=N)=C/N)ccc32)CN1C(=O)c1ccc(F)cc1. The highest BCUT2D eigenvalue weighted by atomic mass is 19.1. The molecule has 4 rings (SSSR count). The molecule has 7 heteroatoms. The van der Waals surface area contributed by atoms with Gasteiger partial charge >= 0.3 is 0 Å². The molecule has 0 bridgehead atoms. The number of nitrogens with two attached hydrogens (primary N) is 1. The Balaban J connectivity index is 1.50. The number of carbonyl (C=O) groups excluding carboxylic acids is 1. The Labute approximate surface area is 174 Å². The van der Waals surface area contributed by atoms with Crippen molar-refractivity contribution in [2.75, 3.05) is 6.54 Å². The number of nitrogens with one attached hydrogen (secondary N) is 1. The number of carbonyl (C=O) groups is 1. The number of likely N-dealkylation sites (tertiary alicyclic amines) is 1. The van der Waals surface area contributed by atoms with Gasteiger partial charge in [-0.15, -0.1) is 0 Å². The molecule has 1 amide bonds. The minimum absolute atomic E-state index is 0.0575. The first-order valence-electron chi connectivity index (χ1n) is 9.94. The molecule has 0 aliphatic carbocycles. The summed E-state index contributed by atoms with van der Waals surface area (Å²) in [5.74, 6) is -0.0934. The van der Waals surface area contributed by atoms with Crippen LogP contribution in [0.3, 0.4) is 0 Å². The maximum Gasteiger partial charge on any atom is 0.254 e. The second kappa shape index (κ2) is 8.10. The van der Waals surface area contributed by atoms with Crippen molar-refractivity contribution in [3.05, 3.63) is 71.9 Å². The van der Waals surface area contributed by atoms with Crippen LogP contribution in [-0.2, 0) is 6.54 Å². The normalized spacial score (nSPS) is 19.4. The van der Waals surface area contributed by atoms with Gasteiger partial charge < -0.3 is 20.6 Å². The molecule has 1 fully saturated rings. The van der Waals surface area contributed by atoms with E-state index in [2.05, 4.69) is 16.5 Å². The Kier molecular flexibility index (Phi) is 5.35. The molecule has 0 radical (unpaired) electrons. The summed E-state index contributed by atoms with van der Waals surface area (Å²) in [5.41, 5.74) is 9.46. The van der Waals surface area contributed by atoms with Crippen LogP contribution in [0, 0.1) is 17.1 Å². The van der Waals surface area contributed by atoms with Crippen molar-refractivity contribution in [1.82, 2.24) is 14.5 Å². The predicted octanol–water partition coefficient (Wildman–Crippen LogP) is 3.68. The summed E-state index contributed by atoms with van der Waals surface area (Å²) in [7, 11) is 0. The van der Waals surface area contributed by atoms with Crippen molar-refractivity contribution in [1.29, 1.82) is 5.41 Å². The summed E-state index contributed by atoms with van der Waals surface area (Å²) in [4.78, 5) is 19.2. The van der Waals surface area contributed by atoms with Crippen molar-refractivity contribution in [3.8, 4) is 0 Å². The molecule has 2 unspecified atom stereocenters. The van der Waals surface area contributed by atoms with Gasteiger partial charge in [-0.25, -0.2) is 9.37 Å². The maximum atomic E-state index is 13.2. The number of imidazole rings is 1. The zero-order valence-electron chi connectivity index (χ0n) is 16.8. The van der Waals surface area contributed by atoms with Crippen LogP contribution in [0.15, 0.2) is 55.0 Å². The van der Waals surface area contributed by atoms with Gasteiger partial charge in [0.05, 0.1) is 17.4 Å². The third-order valence-corrected chi connectivity index (χ3v) is 5.76. The summed E-state index contributed by atoms with van der Waals surface area (Å²) in [6, 6.07) is 11.7. The largest absolute Gasteiger partial charge is 0.404 e. The van der Waals surface area contributed by atoms with Crippen molar-refractivity contribution < 1.29 is 9.18 Å². The molecule has 0 spiro atoms. The van der Waals surface area contributed by atoms with Gasteiger partial charge in [-0.2, -0.15) is 0 Å². The van der Waals surface area contributed by atoms with Crippen molar-refractivity contribution in [2.24, 2.45) is 11.7 Å². The number of hydrogen-bond acceptors (Lipinski definition) is 4. The van der Waals surface area contributed by atoms with Gasteiger partial charge in [-0.1, -0.05) is 6.07 Å². The molecule has 3 aromatic rings. The number of rotatable bonds is 5. The van der Waals surface area contributed by atoms with E-state index in [0.29, 0.717) is 23.6 Å². The van der Waals surface area contributed by atoms with Gasteiger partial charge in [-0.05, 0) is 61.2 Å². The van der Waals surface area contributed by atoms with E-state index in [-0.39, 0.29) is 17.8 Å². The smallest absolute Gasteiger partial charge is 0.254 e. The summed E-state index contributed by atoms with van der Waals surface area (Å²) in [6.45, 7) is 3.47. The highest BCUT2D eigenvalue weighted by Gasteiger charge is 2.33. The highest BCUT2D eigenvalue weighted by molar-refractivity contribution is 6.08. The van der Waals surface area contributed by atoms with Crippen LogP contribution in [0.1, 0.15) is 29.3 Å². The molecule has 30 heavy (non-hydrogen) atoms. The van der Waals surface area contributed by atoms with Gasteiger partial charge in [-0.3, -0.25) is 4.79 Å². The van der Waals surface area contributed by atoms with E-state index in [1.807, 2.05) is 29.4 Å². The molecule has 2 heterocycles. The molecule has 0 saturated carbocycles. The number of benzene rings is 2.